The molecule has 0 N–H and O–H groups in total. The van der Waals surface area contributed by atoms with Crippen LogP contribution >= 0.6 is 0 Å². The highest BCUT2D eigenvalue weighted by molar-refractivity contribution is 5.73. The Kier molecular flexibility index (Phi) is 1.43. The Labute approximate surface area is 70.3 Å². The summed E-state index contributed by atoms with van der Waals surface area (Å²) in [6.45, 7) is 5.63. The molecule has 2 aromatic rings. The van der Waals surface area contributed by atoms with Crippen molar-refractivity contribution in [3.8, 4) is 0 Å². The predicted octanol–water partition coefficient (Wildman–Crippen LogP) is 1.92. The highest BCUT2D eigenvalue weighted by Gasteiger charge is 1.99. The maximum absolute atomic E-state index is 4.22. The van der Waals surface area contributed by atoms with Gasteiger partial charge in [0.2, 0.25) is 0 Å². The quantitative estimate of drug-likeness (QED) is 0.636. The molecule has 0 saturated heterocycles. The maximum atomic E-state index is 4.22. The standard InChI is InChI=1S/C9H9N3/c1-7(2)12-10-8-5-3-4-6-9(8)11-12/h3-6H,1H2,2H3. The summed E-state index contributed by atoms with van der Waals surface area (Å²) in [4.78, 5) is 1.55. The normalized spacial score (nSPS) is 10.4. The van der Waals surface area contributed by atoms with Gasteiger partial charge in [-0.1, -0.05) is 18.7 Å². The van der Waals surface area contributed by atoms with E-state index in [0.717, 1.165) is 16.7 Å². The molecule has 60 valence electrons. The second-order valence-electron chi connectivity index (χ2n) is 2.71. The summed E-state index contributed by atoms with van der Waals surface area (Å²) in [7, 11) is 0. The lowest BCUT2D eigenvalue weighted by Crippen LogP contribution is -1.95. The molecule has 0 aliphatic carbocycles. The van der Waals surface area contributed by atoms with E-state index < -0.39 is 0 Å². The van der Waals surface area contributed by atoms with Crippen LogP contribution in [0.3, 0.4) is 0 Å². The molecule has 0 atom stereocenters. The molecule has 1 aromatic heterocycles. The fourth-order valence-electron chi connectivity index (χ4n) is 1.03. The summed E-state index contributed by atoms with van der Waals surface area (Å²) < 4.78 is 0. The first-order chi connectivity index (χ1) is 5.77. The van der Waals surface area contributed by atoms with Crippen LogP contribution < -0.4 is 0 Å². The van der Waals surface area contributed by atoms with Gasteiger partial charge < -0.3 is 0 Å². The molecule has 0 radical (unpaired) electrons. The van der Waals surface area contributed by atoms with Crippen molar-refractivity contribution in [2.45, 2.75) is 6.92 Å². The van der Waals surface area contributed by atoms with E-state index in [2.05, 4.69) is 16.8 Å². The van der Waals surface area contributed by atoms with Gasteiger partial charge >= 0.3 is 0 Å². The van der Waals surface area contributed by atoms with E-state index >= 15 is 0 Å². The second-order valence-corrected chi connectivity index (χ2v) is 2.71. The van der Waals surface area contributed by atoms with Gasteiger partial charge in [-0.25, -0.2) is 0 Å². The summed E-state index contributed by atoms with van der Waals surface area (Å²) in [5.41, 5.74) is 2.63. The number of rotatable bonds is 1. The van der Waals surface area contributed by atoms with Crippen LogP contribution in [0.2, 0.25) is 0 Å². The Morgan fingerprint density at radius 1 is 1.25 bits per heavy atom. The van der Waals surface area contributed by atoms with Gasteiger partial charge in [-0.2, -0.15) is 4.80 Å². The molecule has 0 unspecified atom stereocenters. The Hall–Kier alpha value is -1.64. The molecule has 12 heavy (non-hydrogen) atoms. The summed E-state index contributed by atoms with van der Waals surface area (Å²) in [5, 5.41) is 8.44. The zero-order valence-electron chi connectivity index (χ0n) is 6.86. The van der Waals surface area contributed by atoms with E-state index in [-0.39, 0.29) is 0 Å². The highest BCUT2D eigenvalue weighted by Crippen LogP contribution is 2.08. The number of fused-ring (bicyclic) bond motifs is 1. The van der Waals surface area contributed by atoms with Crippen LogP contribution in [0, 0.1) is 0 Å². The molecule has 2 rings (SSSR count). The summed E-state index contributed by atoms with van der Waals surface area (Å²) in [6.07, 6.45) is 0. The van der Waals surface area contributed by atoms with Gasteiger partial charge in [-0.05, 0) is 19.1 Å². The molecule has 0 amide bonds. The molecule has 0 aliphatic heterocycles. The molecule has 0 saturated carbocycles. The van der Waals surface area contributed by atoms with Crippen LogP contribution in [0.25, 0.3) is 16.7 Å². The molecule has 0 fully saturated rings. The zero-order chi connectivity index (χ0) is 8.55. The molecule has 3 nitrogen and oxygen atoms in total. The smallest absolute Gasteiger partial charge is 0.113 e. The fourth-order valence-corrected chi connectivity index (χ4v) is 1.03. The summed E-state index contributed by atoms with van der Waals surface area (Å²) in [5.74, 6) is 0. The van der Waals surface area contributed by atoms with Crippen molar-refractivity contribution in [2.24, 2.45) is 0 Å². The minimum absolute atomic E-state index is 0.825. The third kappa shape index (κ3) is 0.993. The first kappa shape index (κ1) is 7.03. The average Bonchev–Trinajstić information content (AvgIpc) is 2.46. The van der Waals surface area contributed by atoms with E-state index in [1.165, 1.54) is 0 Å². The van der Waals surface area contributed by atoms with Crippen molar-refractivity contribution < 1.29 is 0 Å². The predicted molar refractivity (Wildman–Crippen MR) is 48.5 cm³/mol. The molecule has 1 aromatic carbocycles. The van der Waals surface area contributed by atoms with Gasteiger partial charge in [0.1, 0.15) is 11.0 Å². The lowest BCUT2D eigenvalue weighted by Gasteiger charge is -1.91. The van der Waals surface area contributed by atoms with Crippen molar-refractivity contribution in [3.05, 3.63) is 30.8 Å². The van der Waals surface area contributed by atoms with Gasteiger partial charge in [0, 0.05) is 0 Å². The van der Waals surface area contributed by atoms with Crippen molar-refractivity contribution in [1.82, 2.24) is 15.0 Å². The zero-order valence-corrected chi connectivity index (χ0v) is 6.86. The first-order valence-corrected chi connectivity index (χ1v) is 3.75. The van der Waals surface area contributed by atoms with Gasteiger partial charge in [0.15, 0.2) is 0 Å². The summed E-state index contributed by atoms with van der Waals surface area (Å²) in [6, 6.07) is 7.75. The minimum Gasteiger partial charge on any atom is -0.156 e. The van der Waals surface area contributed by atoms with Crippen LogP contribution in [0.4, 0.5) is 0 Å². The number of nitrogens with zero attached hydrogens (tertiary/aromatic N) is 3. The van der Waals surface area contributed by atoms with E-state index in [1.807, 2.05) is 31.2 Å². The maximum Gasteiger partial charge on any atom is 0.113 e. The monoisotopic (exact) mass is 159 g/mol. The molecule has 0 bridgehead atoms. The molecule has 0 aliphatic rings. The van der Waals surface area contributed by atoms with Crippen molar-refractivity contribution in [2.75, 3.05) is 0 Å². The van der Waals surface area contributed by atoms with Gasteiger partial charge in [-0.15, -0.1) is 10.2 Å². The third-order valence-electron chi connectivity index (χ3n) is 1.63. The van der Waals surface area contributed by atoms with Gasteiger partial charge in [-0.3, -0.25) is 0 Å². The molecule has 1 heterocycles. The number of hydrogen-bond donors (Lipinski definition) is 0. The van der Waals surface area contributed by atoms with Crippen molar-refractivity contribution in [1.29, 1.82) is 0 Å². The van der Waals surface area contributed by atoms with Crippen LogP contribution in [0.15, 0.2) is 30.8 Å². The van der Waals surface area contributed by atoms with E-state index in [1.54, 1.807) is 4.80 Å². The Morgan fingerprint density at radius 2 is 1.75 bits per heavy atom. The molecular formula is C9H9N3. The number of aromatic nitrogens is 3. The van der Waals surface area contributed by atoms with Crippen LogP contribution in [-0.2, 0) is 0 Å². The van der Waals surface area contributed by atoms with Crippen molar-refractivity contribution in [3.63, 3.8) is 0 Å². The SMILES string of the molecule is C=C(C)n1nc2ccccc2n1. The largest absolute Gasteiger partial charge is 0.156 e. The third-order valence-corrected chi connectivity index (χ3v) is 1.63. The van der Waals surface area contributed by atoms with Crippen LogP contribution in [0.1, 0.15) is 6.92 Å². The lowest BCUT2D eigenvalue weighted by molar-refractivity contribution is 0.781. The van der Waals surface area contributed by atoms with E-state index in [4.69, 9.17) is 0 Å². The van der Waals surface area contributed by atoms with Crippen molar-refractivity contribution >= 4 is 16.7 Å². The first-order valence-electron chi connectivity index (χ1n) is 3.75. The topological polar surface area (TPSA) is 30.7 Å². The number of allylic oxidation sites excluding steroid dienone is 1. The van der Waals surface area contributed by atoms with E-state index in [0.29, 0.717) is 0 Å². The van der Waals surface area contributed by atoms with Gasteiger partial charge in [0.05, 0.1) is 5.70 Å². The Bertz CT molecular complexity index is 395. The highest BCUT2D eigenvalue weighted by atomic mass is 15.5. The minimum atomic E-state index is 0.825. The summed E-state index contributed by atoms with van der Waals surface area (Å²) >= 11 is 0. The number of benzene rings is 1. The van der Waals surface area contributed by atoms with Crippen LogP contribution in [0.5, 0.6) is 0 Å². The lowest BCUT2D eigenvalue weighted by atomic mass is 10.3. The second kappa shape index (κ2) is 2.44. The fraction of sp³-hybridized carbons (Fsp3) is 0.111. The average molecular weight is 159 g/mol. The van der Waals surface area contributed by atoms with Gasteiger partial charge in [0.25, 0.3) is 0 Å². The Morgan fingerprint density at radius 3 is 2.17 bits per heavy atom. The molecule has 3 heteroatoms. The molecule has 0 spiro atoms. The number of hydrogen-bond acceptors (Lipinski definition) is 2. The Balaban J connectivity index is 2.70. The van der Waals surface area contributed by atoms with E-state index in [9.17, 15) is 0 Å². The molecular weight excluding hydrogens is 150 g/mol. The van der Waals surface area contributed by atoms with Crippen LogP contribution in [-0.4, -0.2) is 15.0 Å².